The highest BCUT2D eigenvalue weighted by Crippen LogP contribution is 2.28. The minimum atomic E-state index is -0.425. The maximum atomic E-state index is 11.6. The number of alkyl carbamates (subject to hydrolysis) is 1. The van der Waals surface area contributed by atoms with Gasteiger partial charge in [0.2, 0.25) is 0 Å². The van der Waals surface area contributed by atoms with Crippen LogP contribution in [0, 0.1) is 0 Å². The highest BCUT2D eigenvalue weighted by atomic mass is 16.6. The van der Waals surface area contributed by atoms with Crippen molar-refractivity contribution in [1.29, 1.82) is 0 Å². The van der Waals surface area contributed by atoms with E-state index in [1.807, 2.05) is 27.7 Å². The first-order valence-electron chi connectivity index (χ1n) is 7.73. The van der Waals surface area contributed by atoms with Crippen LogP contribution in [0.2, 0.25) is 0 Å². The van der Waals surface area contributed by atoms with Gasteiger partial charge in [-0.05, 0) is 53.4 Å². The van der Waals surface area contributed by atoms with Crippen LogP contribution in [0.3, 0.4) is 0 Å². The standard InChI is InChI=1S/C15H28N2O3/c1-5-19-13-8-12(9-13)16-10-6-11(7-10)17-14(18)20-15(2,3)4/h10-13,16H,5-9H2,1-4H3,(H,17,18). The maximum absolute atomic E-state index is 11.6. The Balaban J connectivity index is 1.54. The Labute approximate surface area is 121 Å². The summed E-state index contributed by atoms with van der Waals surface area (Å²) in [5, 5.41) is 6.54. The zero-order valence-corrected chi connectivity index (χ0v) is 13.1. The normalized spacial score (nSPS) is 33.0. The largest absolute Gasteiger partial charge is 0.444 e. The molecule has 0 bridgehead atoms. The van der Waals surface area contributed by atoms with Gasteiger partial charge in [-0.2, -0.15) is 0 Å². The molecule has 0 heterocycles. The fourth-order valence-electron chi connectivity index (χ4n) is 2.75. The second kappa shape index (κ2) is 6.31. The lowest BCUT2D eigenvalue weighted by Crippen LogP contribution is -2.58. The van der Waals surface area contributed by atoms with Gasteiger partial charge in [0.05, 0.1) is 6.10 Å². The highest BCUT2D eigenvalue weighted by molar-refractivity contribution is 5.68. The molecule has 2 fully saturated rings. The van der Waals surface area contributed by atoms with E-state index in [1.54, 1.807) is 0 Å². The van der Waals surface area contributed by atoms with Gasteiger partial charge < -0.3 is 20.1 Å². The summed E-state index contributed by atoms with van der Waals surface area (Å²) in [7, 11) is 0. The number of rotatable bonds is 5. The highest BCUT2D eigenvalue weighted by Gasteiger charge is 2.36. The third-order valence-electron chi connectivity index (χ3n) is 3.83. The molecule has 0 radical (unpaired) electrons. The van der Waals surface area contributed by atoms with Crippen LogP contribution in [0.5, 0.6) is 0 Å². The SMILES string of the molecule is CCOC1CC(NC2CC(NC(=O)OC(C)(C)C)C2)C1. The lowest BCUT2D eigenvalue weighted by molar-refractivity contribution is -0.0160. The second-order valence-corrected chi connectivity index (χ2v) is 6.92. The topological polar surface area (TPSA) is 59.6 Å². The van der Waals surface area contributed by atoms with Crippen molar-refractivity contribution in [3.63, 3.8) is 0 Å². The quantitative estimate of drug-likeness (QED) is 0.812. The van der Waals surface area contributed by atoms with Crippen LogP contribution in [-0.4, -0.2) is 42.5 Å². The van der Waals surface area contributed by atoms with Gasteiger partial charge >= 0.3 is 6.09 Å². The molecule has 0 saturated heterocycles. The summed E-state index contributed by atoms with van der Waals surface area (Å²) < 4.78 is 10.8. The maximum Gasteiger partial charge on any atom is 0.407 e. The minimum absolute atomic E-state index is 0.255. The molecule has 2 aliphatic rings. The third-order valence-corrected chi connectivity index (χ3v) is 3.83. The molecule has 0 unspecified atom stereocenters. The molecular weight excluding hydrogens is 256 g/mol. The summed E-state index contributed by atoms with van der Waals surface area (Å²) in [6, 6.07) is 1.38. The van der Waals surface area contributed by atoms with Gasteiger partial charge in [0.15, 0.2) is 0 Å². The number of carbonyl (C=O) groups is 1. The van der Waals surface area contributed by atoms with E-state index in [0.717, 1.165) is 32.3 Å². The Morgan fingerprint density at radius 1 is 1.10 bits per heavy atom. The van der Waals surface area contributed by atoms with E-state index in [9.17, 15) is 4.79 Å². The molecule has 0 atom stereocenters. The average Bonchev–Trinajstić information content (AvgIpc) is 2.19. The molecule has 2 aliphatic carbocycles. The van der Waals surface area contributed by atoms with Crippen LogP contribution in [0.25, 0.3) is 0 Å². The van der Waals surface area contributed by atoms with E-state index < -0.39 is 5.60 Å². The molecule has 20 heavy (non-hydrogen) atoms. The van der Waals surface area contributed by atoms with Gasteiger partial charge in [0, 0.05) is 24.7 Å². The molecule has 0 aromatic carbocycles. The van der Waals surface area contributed by atoms with Crippen molar-refractivity contribution in [1.82, 2.24) is 10.6 Å². The molecule has 5 nitrogen and oxygen atoms in total. The van der Waals surface area contributed by atoms with Crippen LogP contribution >= 0.6 is 0 Å². The predicted octanol–water partition coefficient (Wildman–Crippen LogP) is 2.20. The molecule has 2 rings (SSSR count). The summed E-state index contributed by atoms with van der Waals surface area (Å²) in [4.78, 5) is 11.6. The fourth-order valence-corrected chi connectivity index (χ4v) is 2.75. The van der Waals surface area contributed by atoms with E-state index in [-0.39, 0.29) is 12.1 Å². The molecule has 0 spiro atoms. The molecule has 0 aliphatic heterocycles. The second-order valence-electron chi connectivity index (χ2n) is 6.92. The van der Waals surface area contributed by atoms with Crippen molar-refractivity contribution < 1.29 is 14.3 Å². The molecule has 116 valence electrons. The van der Waals surface area contributed by atoms with Gasteiger partial charge in [-0.15, -0.1) is 0 Å². The smallest absolute Gasteiger partial charge is 0.407 e. The lowest BCUT2D eigenvalue weighted by Gasteiger charge is -2.43. The number of hydrogen-bond donors (Lipinski definition) is 2. The Morgan fingerprint density at radius 3 is 2.25 bits per heavy atom. The van der Waals surface area contributed by atoms with Gasteiger partial charge in [-0.1, -0.05) is 0 Å². The Bertz CT molecular complexity index is 329. The van der Waals surface area contributed by atoms with Crippen molar-refractivity contribution >= 4 is 6.09 Å². The zero-order chi connectivity index (χ0) is 14.8. The van der Waals surface area contributed by atoms with Gasteiger partial charge in [0.25, 0.3) is 0 Å². The van der Waals surface area contributed by atoms with E-state index in [4.69, 9.17) is 9.47 Å². The van der Waals surface area contributed by atoms with Crippen LogP contribution in [-0.2, 0) is 9.47 Å². The summed E-state index contributed by atoms with van der Waals surface area (Å²) in [5.41, 5.74) is -0.425. The number of ether oxygens (including phenoxy) is 2. The van der Waals surface area contributed by atoms with Crippen molar-refractivity contribution in [3.05, 3.63) is 0 Å². The van der Waals surface area contributed by atoms with E-state index in [2.05, 4.69) is 10.6 Å². The molecular formula is C15H28N2O3. The van der Waals surface area contributed by atoms with Gasteiger partial charge in [-0.25, -0.2) is 4.79 Å². The molecule has 2 N–H and O–H groups in total. The molecule has 0 aromatic rings. The number of carbonyl (C=O) groups excluding carboxylic acids is 1. The number of amides is 1. The van der Waals surface area contributed by atoms with Crippen LogP contribution in [0.4, 0.5) is 4.79 Å². The average molecular weight is 284 g/mol. The first-order valence-corrected chi connectivity index (χ1v) is 7.73. The first-order chi connectivity index (χ1) is 9.35. The Hall–Kier alpha value is -0.810. The molecule has 2 saturated carbocycles. The van der Waals surface area contributed by atoms with Crippen molar-refractivity contribution in [2.45, 2.75) is 83.2 Å². The van der Waals surface area contributed by atoms with Crippen LogP contribution in [0.1, 0.15) is 53.4 Å². The lowest BCUT2D eigenvalue weighted by atomic mass is 9.82. The van der Waals surface area contributed by atoms with Crippen molar-refractivity contribution in [2.75, 3.05) is 6.61 Å². The monoisotopic (exact) mass is 284 g/mol. The van der Waals surface area contributed by atoms with Crippen LogP contribution < -0.4 is 10.6 Å². The number of hydrogen-bond acceptors (Lipinski definition) is 4. The molecule has 5 heteroatoms. The Morgan fingerprint density at radius 2 is 1.70 bits per heavy atom. The number of nitrogens with one attached hydrogen (secondary N) is 2. The summed E-state index contributed by atoms with van der Waals surface area (Å²) in [6.45, 7) is 8.48. The zero-order valence-electron chi connectivity index (χ0n) is 13.1. The van der Waals surface area contributed by atoms with Crippen molar-refractivity contribution in [2.24, 2.45) is 0 Å². The third kappa shape index (κ3) is 4.63. The summed E-state index contributed by atoms with van der Waals surface area (Å²) in [6.07, 6.45) is 4.38. The summed E-state index contributed by atoms with van der Waals surface area (Å²) >= 11 is 0. The van der Waals surface area contributed by atoms with Gasteiger partial charge in [0.1, 0.15) is 5.60 Å². The Kier molecular flexibility index (Phi) is 4.91. The van der Waals surface area contributed by atoms with Gasteiger partial charge in [-0.3, -0.25) is 0 Å². The minimum Gasteiger partial charge on any atom is -0.444 e. The van der Waals surface area contributed by atoms with E-state index in [0.29, 0.717) is 18.2 Å². The van der Waals surface area contributed by atoms with E-state index in [1.165, 1.54) is 0 Å². The molecule has 0 aromatic heterocycles. The molecule has 1 amide bonds. The first kappa shape index (κ1) is 15.6. The predicted molar refractivity (Wildman–Crippen MR) is 77.8 cm³/mol. The fraction of sp³-hybridized carbons (Fsp3) is 0.933. The van der Waals surface area contributed by atoms with Crippen molar-refractivity contribution in [3.8, 4) is 0 Å². The summed E-state index contributed by atoms with van der Waals surface area (Å²) in [5.74, 6) is 0. The van der Waals surface area contributed by atoms with Crippen LogP contribution in [0.15, 0.2) is 0 Å². The van der Waals surface area contributed by atoms with E-state index >= 15 is 0 Å².